The summed E-state index contributed by atoms with van der Waals surface area (Å²) in [4.78, 5) is 14.3. The monoisotopic (exact) mass is 579 g/mol. The molecule has 0 radical (unpaired) electrons. The van der Waals surface area contributed by atoms with Gasteiger partial charge in [-0.15, -0.1) is 0 Å². The van der Waals surface area contributed by atoms with E-state index in [9.17, 15) is 5.26 Å². The van der Waals surface area contributed by atoms with Gasteiger partial charge in [-0.05, 0) is 42.4 Å². The van der Waals surface area contributed by atoms with Crippen LogP contribution in [0.5, 0.6) is 11.6 Å². The minimum absolute atomic E-state index is 0.471. The quantitative estimate of drug-likeness (QED) is 0.291. The first-order valence-corrected chi connectivity index (χ1v) is 15.2. The van der Waals surface area contributed by atoms with E-state index < -0.39 is 0 Å². The highest BCUT2D eigenvalue weighted by Gasteiger charge is 2.43. The standard InChI is InChI=1S/C33H37N7O3/c1-41-31-7-2-23(16-36-31)19-39-20-25-3-4-26(21-39)32(25)30-6-5-24(17-35-30)29-14-28(22-40-33(29)27(15-34)18-37-40)43-13-10-38-8-11-42-12-9-38/h2,5-7,14,16-18,22,25-26,32H,3-4,8-13,19-21H2,1H3. The SMILES string of the molecule is COc1ccc(CN2CC3CCC(C2)C3c2ccc(-c3cc(OCCN4CCOCC4)cn4ncc(C#N)c34)cn2)cn1. The van der Waals surface area contributed by atoms with E-state index in [-0.39, 0.29) is 0 Å². The third-order valence-corrected chi connectivity index (χ3v) is 9.25. The minimum Gasteiger partial charge on any atom is -0.491 e. The molecule has 2 saturated heterocycles. The molecule has 2 bridgehead atoms. The molecule has 1 saturated carbocycles. The van der Waals surface area contributed by atoms with E-state index in [1.807, 2.05) is 30.7 Å². The Kier molecular flexibility index (Phi) is 7.94. The molecule has 1 aliphatic carbocycles. The molecule has 7 rings (SSSR count). The van der Waals surface area contributed by atoms with Crippen molar-refractivity contribution in [1.82, 2.24) is 29.4 Å². The van der Waals surface area contributed by atoms with E-state index in [0.717, 1.165) is 74.9 Å². The fourth-order valence-corrected chi connectivity index (χ4v) is 7.17. The van der Waals surface area contributed by atoms with Crippen LogP contribution in [0, 0.1) is 23.2 Å². The van der Waals surface area contributed by atoms with E-state index in [1.54, 1.807) is 17.8 Å². The van der Waals surface area contributed by atoms with E-state index in [1.165, 1.54) is 24.1 Å². The van der Waals surface area contributed by atoms with Gasteiger partial charge >= 0.3 is 0 Å². The van der Waals surface area contributed by atoms with Gasteiger partial charge in [0.1, 0.15) is 18.4 Å². The Labute approximate surface area is 251 Å². The lowest BCUT2D eigenvalue weighted by Crippen LogP contribution is -2.40. The first-order valence-electron chi connectivity index (χ1n) is 15.2. The van der Waals surface area contributed by atoms with Gasteiger partial charge in [0.05, 0.1) is 43.8 Å². The Balaban J connectivity index is 1.07. The second-order valence-electron chi connectivity index (χ2n) is 11.9. The highest BCUT2D eigenvalue weighted by molar-refractivity contribution is 5.85. The first-order chi connectivity index (χ1) is 21.2. The minimum atomic E-state index is 0.471. The normalized spacial score (nSPS) is 22.5. The molecule has 3 aliphatic rings. The first kappa shape index (κ1) is 27.8. The summed E-state index contributed by atoms with van der Waals surface area (Å²) in [7, 11) is 1.65. The molecular weight excluding hydrogens is 542 g/mol. The Bertz CT molecular complexity index is 1580. The van der Waals surface area contributed by atoms with Crippen molar-refractivity contribution in [3.63, 3.8) is 0 Å². The van der Waals surface area contributed by atoms with Gasteiger partial charge in [0.15, 0.2) is 0 Å². The van der Waals surface area contributed by atoms with Crippen molar-refractivity contribution in [2.75, 3.05) is 59.7 Å². The second kappa shape index (κ2) is 12.3. The van der Waals surface area contributed by atoms with E-state index in [0.29, 0.717) is 35.8 Å². The molecule has 0 spiro atoms. The molecule has 0 N–H and O–H groups in total. The van der Waals surface area contributed by atoms with Crippen LogP contribution in [-0.4, -0.2) is 89.0 Å². The van der Waals surface area contributed by atoms with Gasteiger partial charge in [0, 0.05) is 80.5 Å². The predicted molar refractivity (Wildman–Crippen MR) is 161 cm³/mol. The molecule has 4 aromatic rings. The summed E-state index contributed by atoms with van der Waals surface area (Å²) in [5.41, 5.74) is 5.57. The fourth-order valence-electron chi connectivity index (χ4n) is 7.17. The van der Waals surface area contributed by atoms with E-state index >= 15 is 0 Å². The van der Waals surface area contributed by atoms with Gasteiger partial charge in [0.2, 0.25) is 5.88 Å². The highest BCUT2D eigenvalue weighted by Crippen LogP contribution is 2.48. The fraction of sp³-hybridized carbons (Fsp3) is 0.455. The molecule has 2 aliphatic heterocycles. The van der Waals surface area contributed by atoms with E-state index in [4.69, 9.17) is 19.2 Å². The van der Waals surface area contributed by atoms with Gasteiger partial charge in [0.25, 0.3) is 0 Å². The van der Waals surface area contributed by atoms with Crippen LogP contribution in [0.1, 0.15) is 35.6 Å². The van der Waals surface area contributed by atoms with E-state index in [2.05, 4.69) is 44.2 Å². The molecule has 6 heterocycles. The number of nitrogens with zero attached hydrogens (tertiary/aromatic N) is 7. The summed E-state index contributed by atoms with van der Waals surface area (Å²) in [5, 5.41) is 14.2. The molecule has 222 valence electrons. The second-order valence-corrected chi connectivity index (χ2v) is 11.9. The molecular formula is C33H37N7O3. The lowest BCUT2D eigenvalue weighted by Gasteiger charge is -2.37. The Morgan fingerprint density at radius 2 is 1.84 bits per heavy atom. The van der Waals surface area contributed by atoms with Gasteiger partial charge in [-0.25, -0.2) is 9.50 Å². The average molecular weight is 580 g/mol. The summed E-state index contributed by atoms with van der Waals surface area (Å²) in [6, 6.07) is 12.7. The number of aromatic nitrogens is 4. The van der Waals surface area contributed by atoms with Crippen molar-refractivity contribution in [3.8, 4) is 28.8 Å². The number of likely N-dealkylation sites (tertiary alicyclic amines) is 1. The number of piperidine rings is 1. The third-order valence-electron chi connectivity index (χ3n) is 9.25. The molecule has 0 amide bonds. The van der Waals surface area contributed by atoms with Crippen molar-refractivity contribution in [3.05, 3.63) is 71.9 Å². The number of morpholine rings is 1. The maximum atomic E-state index is 9.79. The zero-order chi connectivity index (χ0) is 29.2. The number of nitriles is 1. The third kappa shape index (κ3) is 5.80. The van der Waals surface area contributed by atoms with Gasteiger partial charge in [-0.2, -0.15) is 10.4 Å². The number of pyridine rings is 3. The number of methoxy groups -OCH3 is 1. The largest absolute Gasteiger partial charge is 0.491 e. The molecule has 10 nitrogen and oxygen atoms in total. The van der Waals surface area contributed by atoms with Crippen LogP contribution in [0.2, 0.25) is 0 Å². The highest BCUT2D eigenvalue weighted by atomic mass is 16.5. The molecule has 3 fully saturated rings. The molecule has 0 aromatic carbocycles. The molecule has 10 heteroatoms. The van der Waals surface area contributed by atoms with Crippen molar-refractivity contribution in [2.24, 2.45) is 11.8 Å². The number of hydrogen-bond donors (Lipinski definition) is 0. The number of ether oxygens (including phenoxy) is 3. The zero-order valence-electron chi connectivity index (χ0n) is 24.6. The smallest absolute Gasteiger partial charge is 0.212 e. The van der Waals surface area contributed by atoms with Crippen molar-refractivity contribution in [1.29, 1.82) is 5.26 Å². The molecule has 43 heavy (non-hydrogen) atoms. The summed E-state index contributed by atoms with van der Waals surface area (Å²) < 4.78 is 18.6. The molecule has 4 aromatic heterocycles. The summed E-state index contributed by atoms with van der Waals surface area (Å²) >= 11 is 0. The molecule has 2 atom stereocenters. The lowest BCUT2D eigenvalue weighted by molar-refractivity contribution is 0.0322. The Hall–Kier alpha value is -4.04. The Morgan fingerprint density at radius 3 is 2.53 bits per heavy atom. The number of fused-ring (bicyclic) bond motifs is 3. The maximum absolute atomic E-state index is 9.79. The summed E-state index contributed by atoms with van der Waals surface area (Å²) in [5.74, 6) is 3.04. The van der Waals surface area contributed by atoms with Crippen LogP contribution in [0.4, 0.5) is 0 Å². The lowest BCUT2D eigenvalue weighted by atomic mass is 9.82. The van der Waals surface area contributed by atoms with Crippen molar-refractivity contribution >= 4 is 5.52 Å². The van der Waals surface area contributed by atoms with Gasteiger partial charge < -0.3 is 14.2 Å². The average Bonchev–Trinajstić information content (AvgIpc) is 3.59. The molecule has 2 unspecified atom stereocenters. The maximum Gasteiger partial charge on any atom is 0.212 e. The van der Waals surface area contributed by atoms with Crippen molar-refractivity contribution < 1.29 is 14.2 Å². The topological polar surface area (TPSA) is 101 Å². The van der Waals surface area contributed by atoms with Crippen molar-refractivity contribution in [2.45, 2.75) is 25.3 Å². The van der Waals surface area contributed by atoms with Crippen LogP contribution in [0.15, 0.2) is 55.1 Å². The van der Waals surface area contributed by atoms with Crippen LogP contribution < -0.4 is 9.47 Å². The predicted octanol–water partition coefficient (Wildman–Crippen LogP) is 4.01. The van der Waals surface area contributed by atoms with Gasteiger partial charge in [-0.3, -0.25) is 14.8 Å². The van der Waals surface area contributed by atoms with Crippen LogP contribution >= 0.6 is 0 Å². The van der Waals surface area contributed by atoms with Crippen LogP contribution in [-0.2, 0) is 11.3 Å². The number of hydrogen-bond acceptors (Lipinski definition) is 9. The Morgan fingerprint density at radius 1 is 1.00 bits per heavy atom. The summed E-state index contributed by atoms with van der Waals surface area (Å²) in [6.07, 6.45) is 9.83. The number of rotatable bonds is 9. The summed E-state index contributed by atoms with van der Waals surface area (Å²) in [6.45, 7) is 7.87. The van der Waals surface area contributed by atoms with Crippen LogP contribution in [0.3, 0.4) is 0 Å². The van der Waals surface area contributed by atoms with Gasteiger partial charge in [-0.1, -0.05) is 12.1 Å². The zero-order valence-corrected chi connectivity index (χ0v) is 24.6. The van der Waals surface area contributed by atoms with Crippen LogP contribution in [0.25, 0.3) is 16.6 Å².